The molecule has 7 aromatic rings. The second-order valence-electron chi connectivity index (χ2n) is 16.2. The number of anilines is 2. The van der Waals surface area contributed by atoms with Gasteiger partial charge >= 0.3 is 10.1 Å². The van der Waals surface area contributed by atoms with Crippen LogP contribution < -0.4 is 34.3 Å². The van der Waals surface area contributed by atoms with E-state index in [1.807, 2.05) is 36.4 Å². The van der Waals surface area contributed by atoms with Crippen LogP contribution in [0, 0.1) is 0 Å². The predicted molar refractivity (Wildman–Crippen MR) is 327 cm³/mol. The van der Waals surface area contributed by atoms with E-state index < -0.39 is 64.0 Å². The van der Waals surface area contributed by atoms with Crippen LogP contribution in [0.25, 0.3) is 43.4 Å². The van der Waals surface area contributed by atoms with Crippen LogP contribution in [0.15, 0.2) is 137 Å². The lowest BCUT2D eigenvalue weighted by molar-refractivity contribution is -0.649. The fraction of sp³-hybridized carbons (Fsp3) is 0.255. The van der Waals surface area contributed by atoms with Crippen LogP contribution in [0.4, 0.5) is 11.4 Å². The molecule has 0 amide bonds. The quantitative estimate of drug-likeness (QED) is 0.0422. The van der Waals surface area contributed by atoms with Crippen molar-refractivity contribution >= 4 is 165 Å². The summed E-state index contributed by atoms with van der Waals surface area (Å²) in [6.07, 6.45) is 3.19. The third-order valence-electron chi connectivity index (χ3n) is 10.6. The lowest BCUT2D eigenvalue weighted by Gasteiger charge is -2.22. The van der Waals surface area contributed by atoms with E-state index in [1.54, 1.807) is 66.7 Å². The van der Waals surface area contributed by atoms with E-state index in [2.05, 4.69) is 64.6 Å². The van der Waals surface area contributed by atoms with E-state index >= 15 is 0 Å². The molecule has 5 aromatic carbocycles. The molecular formula is C51H60Cl2N6O13S8. The highest BCUT2D eigenvalue weighted by atomic mass is 35.5. The van der Waals surface area contributed by atoms with Gasteiger partial charge in [0.05, 0.1) is 46.1 Å². The number of thioether (sulfide) groups is 2. The third-order valence-corrected chi connectivity index (χ3v) is 17.8. The largest absolute Gasteiger partial charge is 0.747 e. The minimum Gasteiger partial charge on any atom is -0.747 e. The number of hydrogen-bond acceptors (Lipinski definition) is 19. The Kier molecular flexibility index (Phi) is 25.9. The molecule has 80 heavy (non-hydrogen) atoms. The van der Waals surface area contributed by atoms with Crippen molar-refractivity contribution in [3.05, 3.63) is 147 Å². The van der Waals surface area contributed by atoms with Gasteiger partial charge in [0.15, 0.2) is 16.0 Å². The summed E-state index contributed by atoms with van der Waals surface area (Å²) in [7, 11) is -16.6. The monoisotopic (exact) mass is 1290 g/mol. The van der Waals surface area contributed by atoms with Gasteiger partial charge in [-0.2, -0.15) is 26.0 Å². The van der Waals surface area contributed by atoms with Crippen molar-refractivity contribution in [1.82, 2.24) is 10.6 Å². The average Bonchev–Trinajstić information content (AvgIpc) is 4.16. The summed E-state index contributed by atoms with van der Waals surface area (Å²) in [5, 5.41) is 10.4. The Morgan fingerprint density at radius 2 is 1.11 bits per heavy atom. The van der Waals surface area contributed by atoms with Crippen LogP contribution in [0.3, 0.4) is 0 Å². The Morgan fingerprint density at radius 3 is 1.64 bits per heavy atom. The highest BCUT2D eigenvalue weighted by Gasteiger charge is 2.33. The SMILES string of the molecule is C=C.C=C.CCNCC.CCNCC.COc1ccc2c(c1)N(CS(=O)(=O)[O-])C(=Cc1sc3ccc4ccccc4c3[n+]1CS(=O)(=O)O)S2.O=S(=O)([O-])C[n+]1c(C=C2Sc3ccc(Cl)cc3N2CS(=O)(=O)O)sc2ccc(Cl)cc21. The molecule has 0 bridgehead atoms. The first-order chi connectivity index (χ1) is 37.7. The van der Waals surface area contributed by atoms with E-state index in [4.69, 9.17) is 27.9 Å². The normalized spacial score (nSPS) is 13.9. The molecule has 4 N–H and O–H groups in total. The summed E-state index contributed by atoms with van der Waals surface area (Å²) in [4.78, 5) is 4.14. The Balaban J connectivity index is 0.000000281. The molecule has 0 spiro atoms. The molecule has 29 heteroatoms. The molecule has 2 aliphatic heterocycles. The summed E-state index contributed by atoms with van der Waals surface area (Å²) in [6, 6.07) is 26.2. The molecule has 9 rings (SSSR count). The lowest BCUT2D eigenvalue weighted by atomic mass is 10.1. The van der Waals surface area contributed by atoms with Crippen molar-refractivity contribution in [1.29, 1.82) is 0 Å². The van der Waals surface area contributed by atoms with Crippen molar-refractivity contribution in [3.8, 4) is 5.75 Å². The minimum atomic E-state index is -4.65. The van der Waals surface area contributed by atoms with Gasteiger partial charge in [-0.25, -0.2) is 16.8 Å². The van der Waals surface area contributed by atoms with E-state index in [1.165, 1.54) is 72.2 Å². The molecule has 4 heterocycles. The number of methoxy groups -OCH3 is 1. The van der Waals surface area contributed by atoms with E-state index in [-0.39, 0.29) is 0 Å². The number of nitrogens with one attached hydrogen (secondary N) is 2. The molecule has 0 fully saturated rings. The first-order valence-corrected chi connectivity index (χ1v) is 34.1. The summed E-state index contributed by atoms with van der Waals surface area (Å²) in [5.74, 6) is -2.55. The molecule has 0 atom stereocenters. The second kappa shape index (κ2) is 30.6. The topological polar surface area (TPSA) is 271 Å². The van der Waals surface area contributed by atoms with Crippen molar-refractivity contribution < 1.29 is 65.8 Å². The number of halogens is 2. The fourth-order valence-electron chi connectivity index (χ4n) is 7.54. The maximum atomic E-state index is 11.9. The number of fused-ring (bicyclic) bond motifs is 6. The van der Waals surface area contributed by atoms with Crippen LogP contribution in [0.5, 0.6) is 5.75 Å². The van der Waals surface area contributed by atoms with Gasteiger partial charge in [0.1, 0.15) is 31.1 Å². The van der Waals surface area contributed by atoms with Gasteiger partial charge in [0.2, 0.25) is 16.9 Å². The van der Waals surface area contributed by atoms with Gasteiger partial charge in [-0.05, 0) is 86.2 Å². The number of hydrogen-bond donors (Lipinski definition) is 4. The molecular weight excluding hydrogens is 1230 g/mol. The molecule has 0 unspecified atom stereocenters. The average molecular weight is 1290 g/mol. The van der Waals surface area contributed by atoms with Crippen molar-refractivity contribution in [2.24, 2.45) is 0 Å². The maximum Gasteiger partial charge on any atom is 0.326 e. The van der Waals surface area contributed by atoms with Crippen molar-refractivity contribution in [2.75, 3.05) is 54.8 Å². The maximum absolute atomic E-state index is 11.9. The second-order valence-corrected chi connectivity index (χ2v) is 26.9. The van der Waals surface area contributed by atoms with E-state index in [0.29, 0.717) is 72.8 Å². The summed E-state index contributed by atoms with van der Waals surface area (Å²) in [6.45, 7) is 24.8. The number of rotatable bonds is 15. The lowest BCUT2D eigenvalue weighted by Crippen LogP contribution is -2.39. The zero-order valence-electron chi connectivity index (χ0n) is 44.0. The van der Waals surface area contributed by atoms with Gasteiger partial charge < -0.3 is 34.3 Å². The van der Waals surface area contributed by atoms with Crippen LogP contribution >= 0.6 is 69.4 Å². The van der Waals surface area contributed by atoms with Gasteiger partial charge in [0.25, 0.3) is 26.0 Å². The van der Waals surface area contributed by atoms with Gasteiger partial charge in [0, 0.05) is 32.0 Å². The Morgan fingerprint density at radius 1 is 0.613 bits per heavy atom. The summed E-state index contributed by atoms with van der Waals surface area (Å²) >= 11 is 17.1. The van der Waals surface area contributed by atoms with Crippen molar-refractivity contribution in [2.45, 2.75) is 49.2 Å². The smallest absolute Gasteiger partial charge is 0.326 e. The predicted octanol–water partition coefficient (Wildman–Crippen LogP) is 10.2. The van der Waals surface area contributed by atoms with Crippen LogP contribution in [-0.4, -0.2) is 96.9 Å². The molecule has 2 aliphatic rings. The first kappa shape index (κ1) is 67.8. The molecule has 2 aromatic heterocycles. The Hall–Kier alpha value is -4.66. The number of nitrogens with zero attached hydrogens (tertiary/aromatic N) is 4. The summed E-state index contributed by atoms with van der Waals surface area (Å²) in [5.41, 5.74) is 2.05. The van der Waals surface area contributed by atoms with Gasteiger partial charge in [-0.1, -0.05) is 121 Å². The molecule has 0 saturated heterocycles. The molecule has 0 radical (unpaired) electrons. The Labute approximate surface area is 494 Å². The minimum absolute atomic E-state index is 0.367. The highest BCUT2D eigenvalue weighted by molar-refractivity contribution is 8.04. The number of ether oxygens (including phenoxy) is 1. The van der Waals surface area contributed by atoms with Gasteiger partial charge in [-0.3, -0.25) is 9.11 Å². The summed E-state index contributed by atoms with van der Waals surface area (Å²) < 4.78 is 145. The molecule has 19 nitrogen and oxygen atoms in total. The van der Waals surface area contributed by atoms with Crippen molar-refractivity contribution in [3.63, 3.8) is 0 Å². The fourth-order valence-corrected chi connectivity index (χ4v) is 15.1. The van der Waals surface area contributed by atoms with E-state index in [9.17, 15) is 51.9 Å². The number of thiazole rings is 2. The first-order valence-electron chi connectivity index (χ1n) is 23.7. The van der Waals surface area contributed by atoms with Crippen LogP contribution in [0.1, 0.15) is 37.7 Å². The number of benzene rings is 5. The standard InChI is InChI=1S/C22H18N2O7S4.C17H12Cl2N2O6S4.2C4H11N.2C2H4/c1-31-15-7-9-18-17(10-15)23(12-34(25,26)27)20(32-18)11-21-24(13-35(28,29)30)22-16-5-3-2-4-14(16)6-8-19(22)33-21;18-10-1-3-14-12(5-10)20(8-30(22,23)24)16(28-14)7-17-21(9-31(25,26)27)13-6-11(19)2-4-15(13)29-17;2*1-3-5-4-2;2*1-2/h2-11H,12-13H2,1H3,(H-,25,26,27,28,29,30);1-7H,8-9H2,(H-,22,23,24,25,26,27);2*5H,3-4H2,1-2H3;2*1-2H2. The van der Waals surface area contributed by atoms with Crippen LogP contribution in [-0.2, 0) is 52.2 Å². The molecule has 0 saturated carbocycles. The number of aromatic nitrogens is 2. The zero-order chi connectivity index (χ0) is 59.8. The Bertz CT molecular complexity index is 3810. The van der Waals surface area contributed by atoms with E-state index in [0.717, 1.165) is 41.7 Å². The van der Waals surface area contributed by atoms with Gasteiger partial charge in [-0.15, -0.1) is 26.3 Å². The highest BCUT2D eigenvalue weighted by Crippen LogP contribution is 2.49. The zero-order valence-corrected chi connectivity index (χ0v) is 52.0. The molecule has 434 valence electrons. The van der Waals surface area contributed by atoms with Crippen LogP contribution in [0.2, 0.25) is 10.0 Å². The third kappa shape index (κ3) is 19.5. The molecule has 0 aliphatic carbocycles.